The molecule has 2 aromatic rings. The van der Waals surface area contributed by atoms with Gasteiger partial charge in [-0.25, -0.2) is 4.98 Å². The summed E-state index contributed by atoms with van der Waals surface area (Å²) in [5, 5.41) is 10.1. The van der Waals surface area contributed by atoms with E-state index in [4.69, 9.17) is 0 Å². The third-order valence-corrected chi connectivity index (χ3v) is 5.17. The minimum absolute atomic E-state index is 0.139. The number of rotatable bonds is 5. The van der Waals surface area contributed by atoms with Crippen LogP contribution in [0.15, 0.2) is 30.6 Å². The fourth-order valence-electron chi connectivity index (χ4n) is 3.46. The quantitative estimate of drug-likeness (QED) is 0.888. The van der Waals surface area contributed by atoms with E-state index in [0.717, 1.165) is 43.8 Å². The summed E-state index contributed by atoms with van der Waals surface area (Å²) in [7, 11) is 0. The Morgan fingerprint density at radius 1 is 1.21 bits per heavy atom. The Bertz CT molecular complexity index is 717. The number of carbonyl (C=O) groups is 1. The molecule has 1 amide bonds. The molecule has 2 fully saturated rings. The number of imidazole rings is 1. The van der Waals surface area contributed by atoms with Gasteiger partial charge in [-0.1, -0.05) is 12.1 Å². The van der Waals surface area contributed by atoms with Crippen molar-refractivity contribution in [2.24, 2.45) is 5.92 Å². The summed E-state index contributed by atoms with van der Waals surface area (Å²) in [4.78, 5) is 21.1. The molecule has 1 saturated carbocycles. The molecule has 1 aromatic carbocycles. The van der Waals surface area contributed by atoms with Crippen LogP contribution in [0.5, 0.6) is 0 Å². The maximum Gasteiger partial charge on any atom is 0.242 e. The summed E-state index contributed by atoms with van der Waals surface area (Å²) in [6.45, 7) is 4.26. The number of β-amino-alcohol motifs (C(OH)–C–C–N with tert-alkyl or cyclic N) is 1. The predicted molar refractivity (Wildman–Crippen MR) is 91.5 cm³/mol. The Morgan fingerprint density at radius 3 is 2.71 bits per heavy atom. The van der Waals surface area contributed by atoms with Gasteiger partial charge in [0.1, 0.15) is 6.54 Å². The molecule has 24 heavy (non-hydrogen) atoms. The van der Waals surface area contributed by atoms with Gasteiger partial charge in [-0.3, -0.25) is 9.69 Å². The van der Waals surface area contributed by atoms with E-state index in [2.05, 4.69) is 9.88 Å². The molecule has 6 nitrogen and oxygen atoms in total. The van der Waals surface area contributed by atoms with Gasteiger partial charge in [0.05, 0.1) is 23.5 Å². The molecule has 1 aliphatic carbocycles. The summed E-state index contributed by atoms with van der Waals surface area (Å²) in [6, 6.07) is 7.87. The van der Waals surface area contributed by atoms with E-state index in [1.54, 1.807) is 6.33 Å². The topological polar surface area (TPSA) is 61.6 Å². The second kappa shape index (κ2) is 6.53. The third kappa shape index (κ3) is 3.30. The lowest BCUT2D eigenvalue weighted by Gasteiger charge is -2.35. The second-order valence-corrected chi connectivity index (χ2v) is 6.95. The largest absolute Gasteiger partial charge is 0.392 e. The van der Waals surface area contributed by atoms with E-state index in [1.165, 1.54) is 12.8 Å². The van der Waals surface area contributed by atoms with Crippen molar-refractivity contribution >= 4 is 16.9 Å². The number of benzene rings is 1. The van der Waals surface area contributed by atoms with E-state index >= 15 is 0 Å². The Kier molecular flexibility index (Phi) is 4.24. The highest BCUT2D eigenvalue weighted by atomic mass is 16.3. The van der Waals surface area contributed by atoms with Gasteiger partial charge < -0.3 is 14.6 Å². The molecule has 1 atom stereocenters. The molecular weight excluding hydrogens is 304 g/mol. The first kappa shape index (κ1) is 15.6. The Balaban J connectivity index is 1.31. The van der Waals surface area contributed by atoms with Crippen LogP contribution < -0.4 is 0 Å². The zero-order valence-electron chi connectivity index (χ0n) is 13.8. The second-order valence-electron chi connectivity index (χ2n) is 6.95. The summed E-state index contributed by atoms with van der Waals surface area (Å²) in [6.07, 6.45) is 3.88. The maximum atomic E-state index is 12.6. The van der Waals surface area contributed by atoms with Crippen molar-refractivity contribution in [3.8, 4) is 0 Å². The fourth-order valence-corrected chi connectivity index (χ4v) is 3.46. The SMILES string of the molecule is O=C(Cn1cnc2ccccc21)N1CCN(CC(O)C2CC2)CC1. The number of fused-ring (bicyclic) bond motifs is 1. The van der Waals surface area contributed by atoms with Gasteiger partial charge in [-0.2, -0.15) is 0 Å². The average Bonchev–Trinajstić information content (AvgIpc) is 3.38. The number of piperazine rings is 1. The van der Waals surface area contributed by atoms with Crippen LogP contribution in [0.25, 0.3) is 11.0 Å². The zero-order valence-corrected chi connectivity index (χ0v) is 13.8. The first-order valence-corrected chi connectivity index (χ1v) is 8.79. The molecule has 0 radical (unpaired) electrons. The lowest BCUT2D eigenvalue weighted by molar-refractivity contribution is -0.133. The molecule has 1 saturated heterocycles. The minimum Gasteiger partial charge on any atom is -0.392 e. The fraction of sp³-hybridized carbons (Fsp3) is 0.556. The molecule has 0 spiro atoms. The molecule has 1 aliphatic heterocycles. The summed E-state index contributed by atoms with van der Waals surface area (Å²) in [5.74, 6) is 0.653. The van der Waals surface area contributed by atoms with Crippen molar-refractivity contribution in [1.29, 1.82) is 0 Å². The smallest absolute Gasteiger partial charge is 0.242 e. The van der Waals surface area contributed by atoms with Crippen LogP contribution in [0.4, 0.5) is 0 Å². The zero-order chi connectivity index (χ0) is 16.5. The van der Waals surface area contributed by atoms with Crippen molar-refractivity contribution in [2.45, 2.75) is 25.5 Å². The van der Waals surface area contributed by atoms with Crippen molar-refractivity contribution in [3.63, 3.8) is 0 Å². The molecule has 0 bridgehead atoms. The van der Waals surface area contributed by atoms with E-state index in [-0.39, 0.29) is 12.0 Å². The van der Waals surface area contributed by atoms with E-state index in [1.807, 2.05) is 33.7 Å². The van der Waals surface area contributed by atoms with E-state index in [9.17, 15) is 9.90 Å². The highest BCUT2D eigenvalue weighted by molar-refractivity contribution is 5.80. The van der Waals surface area contributed by atoms with Crippen molar-refractivity contribution < 1.29 is 9.90 Å². The number of aliphatic hydroxyl groups is 1. The highest BCUT2D eigenvalue weighted by Crippen LogP contribution is 2.32. The van der Waals surface area contributed by atoms with Gasteiger partial charge in [0.2, 0.25) is 5.91 Å². The number of hydrogen-bond donors (Lipinski definition) is 1. The number of nitrogens with zero attached hydrogens (tertiary/aromatic N) is 4. The Labute approximate surface area is 141 Å². The van der Waals surface area contributed by atoms with Crippen LogP contribution in [0.3, 0.4) is 0 Å². The number of amides is 1. The van der Waals surface area contributed by atoms with Gasteiger partial charge in [0.15, 0.2) is 0 Å². The van der Waals surface area contributed by atoms with Crippen LogP contribution in [0.2, 0.25) is 0 Å². The van der Waals surface area contributed by atoms with Crippen molar-refractivity contribution in [2.75, 3.05) is 32.7 Å². The third-order valence-electron chi connectivity index (χ3n) is 5.17. The van der Waals surface area contributed by atoms with Gasteiger partial charge in [-0.15, -0.1) is 0 Å². The minimum atomic E-state index is -0.190. The number of aliphatic hydroxyl groups excluding tert-OH is 1. The standard InChI is InChI=1S/C18H24N4O2/c23-17(14-5-6-14)11-20-7-9-21(10-8-20)18(24)12-22-13-19-15-3-1-2-4-16(15)22/h1-4,13-14,17,23H,5-12H2. The molecular formula is C18H24N4O2. The predicted octanol–water partition coefficient (Wildman–Crippen LogP) is 0.951. The van der Waals surface area contributed by atoms with E-state index in [0.29, 0.717) is 12.5 Å². The van der Waals surface area contributed by atoms with Crippen LogP contribution in [-0.2, 0) is 11.3 Å². The molecule has 1 unspecified atom stereocenters. The van der Waals surface area contributed by atoms with Crippen LogP contribution >= 0.6 is 0 Å². The average molecular weight is 328 g/mol. The lowest BCUT2D eigenvalue weighted by Crippen LogP contribution is -2.51. The molecule has 2 heterocycles. The highest BCUT2D eigenvalue weighted by Gasteiger charge is 2.32. The first-order valence-electron chi connectivity index (χ1n) is 8.79. The van der Waals surface area contributed by atoms with Crippen molar-refractivity contribution in [1.82, 2.24) is 19.4 Å². The summed E-state index contributed by atoms with van der Waals surface area (Å²) in [5.41, 5.74) is 1.92. The monoisotopic (exact) mass is 328 g/mol. The molecule has 128 valence electrons. The Hall–Kier alpha value is -1.92. The normalized spacial score (nSPS) is 20.5. The van der Waals surface area contributed by atoms with Crippen LogP contribution in [0, 0.1) is 5.92 Å². The molecule has 4 rings (SSSR count). The lowest BCUT2D eigenvalue weighted by atomic mass is 10.2. The summed E-state index contributed by atoms with van der Waals surface area (Å²) < 4.78 is 1.92. The van der Waals surface area contributed by atoms with Gasteiger partial charge >= 0.3 is 0 Å². The summed E-state index contributed by atoms with van der Waals surface area (Å²) >= 11 is 0. The van der Waals surface area contributed by atoms with Crippen LogP contribution in [0.1, 0.15) is 12.8 Å². The number of carbonyl (C=O) groups excluding carboxylic acids is 1. The van der Waals surface area contributed by atoms with Crippen LogP contribution in [-0.4, -0.2) is 69.2 Å². The molecule has 2 aliphatic rings. The number of para-hydroxylation sites is 2. The van der Waals surface area contributed by atoms with Gasteiger partial charge in [0, 0.05) is 32.7 Å². The van der Waals surface area contributed by atoms with E-state index < -0.39 is 0 Å². The Morgan fingerprint density at radius 2 is 1.96 bits per heavy atom. The molecule has 1 aromatic heterocycles. The van der Waals surface area contributed by atoms with Crippen molar-refractivity contribution in [3.05, 3.63) is 30.6 Å². The first-order chi connectivity index (χ1) is 11.7. The number of hydrogen-bond acceptors (Lipinski definition) is 4. The van der Waals surface area contributed by atoms with Gasteiger partial charge in [-0.05, 0) is 30.9 Å². The maximum absolute atomic E-state index is 12.6. The van der Waals surface area contributed by atoms with Gasteiger partial charge in [0.25, 0.3) is 0 Å². The molecule has 1 N–H and O–H groups in total. The number of aromatic nitrogens is 2. The molecule has 6 heteroatoms.